The predicted octanol–water partition coefficient (Wildman–Crippen LogP) is 5.88. The Morgan fingerprint density at radius 1 is 0.821 bits per heavy atom. The summed E-state index contributed by atoms with van der Waals surface area (Å²) in [6.45, 7) is 6.71. The molecule has 2 unspecified atom stereocenters. The molecule has 1 aromatic rings. The summed E-state index contributed by atoms with van der Waals surface area (Å²) in [5.41, 5.74) is 1.11. The van der Waals surface area contributed by atoms with E-state index in [-0.39, 0.29) is 12.2 Å². The molecule has 5 nitrogen and oxygen atoms in total. The second-order valence-corrected chi connectivity index (χ2v) is 7.03. The monoisotopic (exact) mass is 396 g/mol. The molecule has 0 N–H and O–H groups in total. The average Bonchev–Trinajstić information content (AvgIpc) is 2.71. The largest absolute Gasteiger partial charge is 0.465 e. The molecule has 0 amide bonds. The standard InChI is InChI=1S/C23H40O5/c1-7-9-10-11-12-13-14-22(23(24-4,25-5)26-6)20-15-17-21(18-16-20)28-19(3)27-8-2/h15-19,22H,7-14H2,1-6H3. The van der Waals surface area contributed by atoms with Crippen LogP contribution in [-0.4, -0.2) is 40.2 Å². The van der Waals surface area contributed by atoms with Crippen molar-refractivity contribution < 1.29 is 23.7 Å². The minimum Gasteiger partial charge on any atom is -0.465 e. The third kappa shape index (κ3) is 7.70. The summed E-state index contributed by atoms with van der Waals surface area (Å²) in [6.07, 6.45) is 8.10. The maximum atomic E-state index is 5.77. The highest BCUT2D eigenvalue weighted by Gasteiger charge is 2.40. The molecular formula is C23H40O5. The van der Waals surface area contributed by atoms with Gasteiger partial charge in [-0.25, -0.2) is 0 Å². The maximum absolute atomic E-state index is 5.77. The maximum Gasteiger partial charge on any atom is 0.289 e. The predicted molar refractivity (Wildman–Crippen MR) is 113 cm³/mol. The Morgan fingerprint density at radius 3 is 1.93 bits per heavy atom. The summed E-state index contributed by atoms with van der Waals surface area (Å²) in [7, 11) is 4.88. The van der Waals surface area contributed by atoms with Crippen molar-refractivity contribution in [3.8, 4) is 5.75 Å². The molecule has 0 aliphatic rings. The molecule has 0 saturated carbocycles. The number of benzene rings is 1. The van der Waals surface area contributed by atoms with E-state index in [1.54, 1.807) is 21.3 Å². The van der Waals surface area contributed by atoms with Crippen LogP contribution in [0.25, 0.3) is 0 Å². The molecule has 0 aliphatic carbocycles. The first-order valence-corrected chi connectivity index (χ1v) is 10.6. The minimum absolute atomic E-state index is 0.0305. The van der Waals surface area contributed by atoms with Gasteiger partial charge in [-0.05, 0) is 38.0 Å². The Kier molecular flexibility index (Phi) is 12.4. The van der Waals surface area contributed by atoms with Gasteiger partial charge in [-0.2, -0.15) is 0 Å². The molecule has 0 fully saturated rings. The second-order valence-electron chi connectivity index (χ2n) is 7.03. The summed E-state index contributed by atoms with van der Waals surface area (Å²) < 4.78 is 28.3. The van der Waals surface area contributed by atoms with Crippen LogP contribution in [0.1, 0.15) is 77.2 Å². The van der Waals surface area contributed by atoms with E-state index in [1.165, 1.54) is 32.1 Å². The van der Waals surface area contributed by atoms with Gasteiger partial charge in [-0.3, -0.25) is 0 Å². The summed E-state index contributed by atoms with van der Waals surface area (Å²) in [5, 5.41) is 0. The first-order chi connectivity index (χ1) is 13.6. The second kappa shape index (κ2) is 13.9. The zero-order valence-corrected chi connectivity index (χ0v) is 18.7. The molecule has 162 valence electrons. The first-order valence-electron chi connectivity index (χ1n) is 10.6. The molecule has 28 heavy (non-hydrogen) atoms. The Bertz CT molecular complexity index is 490. The molecule has 0 aromatic heterocycles. The molecule has 0 radical (unpaired) electrons. The molecule has 1 aromatic carbocycles. The zero-order valence-electron chi connectivity index (χ0n) is 18.7. The fourth-order valence-electron chi connectivity index (χ4n) is 3.59. The number of hydrogen-bond acceptors (Lipinski definition) is 5. The van der Waals surface area contributed by atoms with Crippen molar-refractivity contribution in [2.75, 3.05) is 27.9 Å². The zero-order chi connectivity index (χ0) is 20.8. The van der Waals surface area contributed by atoms with Crippen molar-refractivity contribution in [3.63, 3.8) is 0 Å². The van der Waals surface area contributed by atoms with Crippen molar-refractivity contribution in [2.45, 2.75) is 83.9 Å². The Morgan fingerprint density at radius 2 is 1.39 bits per heavy atom. The van der Waals surface area contributed by atoms with Crippen LogP contribution in [0.15, 0.2) is 24.3 Å². The average molecular weight is 397 g/mol. The van der Waals surface area contributed by atoms with E-state index in [0.29, 0.717) is 6.61 Å². The highest BCUT2D eigenvalue weighted by atomic mass is 16.9. The van der Waals surface area contributed by atoms with E-state index in [4.69, 9.17) is 23.7 Å². The summed E-state index contributed by atoms with van der Waals surface area (Å²) in [6, 6.07) is 8.04. The third-order valence-corrected chi connectivity index (χ3v) is 5.11. The number of ether oxygens (including phenoxy) is 5. The lowest BCUT2D eigenvalue weighted by molar-refractivity contribution is -0.365. The molecule has 2 atom stereocenters. The van der Waals surface area contributed by atoms with Gasteiger partial charge in [0.15, 0.2) is 6.29 Å². The number of rotatable bonds is 16. The summed E-state index contributed by atoms with van der Waals surface area (Å²) in [5.74, 6) is -0.345. The molecule has 0 aliphatic heterocycles. The lowest BCUT2D eigenvalue weighted by atomic mass is 9.90. The van der Waals surface area contributed by atoms with E-state index in [2.05, 4.69) is 19.1 Å². The van der Waals surface area contributed by atoms with E-state index >= 15 is 0 Å². The van der Waals surface area contributed by atoms with Gasteiger partial charge < -0.3 is 23.7 Å². The molecule has 0 bridgehead atoms. The molecular weight excluding hydrogens is 356 g/mol. The van der Waals surface area contributed by atoms with Crippen molar-refractivity contribution in [3.05, 3.63) is 29.8 Å². The van der Waals surface area contributed by atoms with Crippen LogP contribution in [0.4, 0.5) is 0 Å². The lowest BCUT2D eigenvalue weighted by Gasteiger charge is -2.36. The van der Waals surface area contributed by atoms with Crippen LogP contribution in [0.3, 0.4) is 0 Å². The van der Waals surface area contributed by atoms with E-state index in [0.717, 1.165) is 24.2 Å². The van der Waals surface area contributed by atoms with Crippen LogP contribution in [0.5, 0.6) is 5.75 Å². The molecule has 0 heterocycles. The van der Waals surface area contributed by atoms with Gasteiger partial charge in [-0.1, -0.05) is 57.6 Å². The van der Waals surface area contributed by atoms with Crippen LogP contribution < -0.4 is 4.74 Å². The van der Waals surface area contributed by atoms with Gasteiger partial charge in [-0.15, -0.1) is 0 Å². The fraction of sp³-hybridized carbons (Fsp3) is 0.739. The van der Waals surface area contributed by atoms with Crippen LogP contribution in [0, 0.1) is 0 Å². The highest BCUT2D eigenvalue weighted by Crippen LogP contribution is 2.37. The first kappa shape index (κ1) is 24.9. The smallest absolute Gasteiger partial charge is 0.289 e. The molecule has 1 rings (SSSR count). The molecule has 5 heteroatoms. The van der Waals surface area contributed by atoms with E-state index < -0.39 is 5.97 Å². The van der Waals surface area contributed by atoms with Gasteiger partial charge in [0.25, 0.3) is 5.97 Å². The molecule has 0 spiro atoms. The normalized spacial score (nSPS) is 14.1. The summed E-state index contributed by atoms with van der Waals surface area (Å²) in [4.78, 5) is 0. The van der Waals surface area contributed by atoms with Gasteiger partial charge in [0, 0.05) is 27.9 Å². The Balaban J connectivity index is 2.85. The topological polar surface area (TPSA) is 46.2 Å². The van der Waals surface area contributed by atoms with Crippen molar-refractivity contribution >= 4 is 0 Å². The minimum atomic E-state index is -1.09. The summed E-state index contributed by atoms with van der Waals surface area (Å²) >= 11 is 0. The van der Waals surface area contributed by atoms with Crippen molar-refractivity contribution in [2.24, 2.45) is 0 Å². The Labute approximate surface area is 171 Å². The number of unbranched alkanes of at least 4 members (excludes halogenated alkanes) is 5. The number of hydrogen-bond donors (Lipinski definition) is 0. The quantitative estimate of drug-likeness (QED) is 0.258. The molecule has 0 saturated heterocycles. The highest BCUT2D eigenvalue weighted by molar-refractivity contribution is 5.30. The van der Waals surface area contributed by atoms with Gasteiger partial charge in [0.05, 0.1) is 5.92 Å². The fourth-order valence-corrected chi connectivity index (χ4v) is 3.59. The Hall–Kier alpha value is -1.14. The van der Waals surface area contributed by atoms with Crippen LogP contribution in [-0.2, 0) is 18.9 Å². The van der Waals surface area contributed by atoms with Gasteiger partial charge in [0.1, 0.15) is 5.75 Å². The van der Waals surface area contributed by atoms with Crippen molar-refractivity contribution in [1.29, 1.82) is 0 Å². The van der Waals surface area contributed by atoms with Crippen LogP contribution >= 0.6 is 0 Å². The van der Waals surface area contributed by atoms with Gasteiger partial charge >= 0.3 is 0 Å². The third-order valence-electron chi connectivity index (χ3n) is 5.11. The van der Waals surface area contributed by atoms with E-state index in [9.17, 15) is 0 Å². The van der Waals surface area contributed by atoms with Gasteiger partial charge in [0.2, 0.25) is 0 Å². The van der Waals surface area contributed by atoms with Crippen LogP contribution in [0.2, 0.25) is 0 Å². The SMILES string of the molecule is CCCCCCCCC(c1ccc(OC(C)OCC)cc1)C(OC)(OC)OC. The number of methoxy groups -OCH3 is 3. The van der Waals surface area contributed by atoms with Crippen molar-refractivity contribution in [1.82, 2.24) is 0 Å². The lowest BCUT2D eigenvalue weighted by Crippen LogP contribution is -2.42. The van der Waals surface area contributed by atoms with E-state index in [1.807, 2.05) is 26.0 Å².